The molecule has 156 valence electrons. The summed E-state index contributed by atoms with van der Waals surface area (Å²) in [6.07, 6.45) is -5.22. The number of ketones is 1. The van der Waals surface area contributed by atoms with Gasteiger partial charge in [-0.2, -0.15) is 12.6 Å². The molecule has 11 nitrogen and oxygen atoms in total. The van der Waals surface area contributed by atoms with Crippen LogP contribution < -0.4 is 10.6 Å². The van der Waals surface area contributed by atoms with Crippen molar-refractivity contribution in [2.24, 2.45) is 0 Å². The number of thiol groups is 1. The molecule has 0 saturated carbocycles. The van der Waals surface area contributed by atoms with Gasteiger partial charge in [-0.1, -0.05) is 0 Å². The Balaban J connectivity index is 3.00. The molecule has 1 aliphatic rings. The van der Waals surface area contributed by atoms with Gasteiger partial charge < -0.3 is 40.2 Å². The van der Waals surface area contributed by atoms with Crippen LogP contribution in [0.25, 0.3) is 0 Å². The second kappa shape index (κ2) is 11.5. The fourth-order valence-corrected chi connectivity index (χ4v) is 2.62. The first-order chi connectivity index (χ1) is 12.8. The number of nitrogens with one attached hydrogen (secondary N) is 2. The van der Waals surface area contributed by atoms with Crippen LogP contribution in [0, 0.1) is 0 Å². The zero-order valence-corrected chi connectivity index (χ0v) is 15.9. The maximum absolute atomic E-state index is 12.0. The molecule has 0 aliphatic carbocycles. The van der Waals surface area contributed by atoms with Crippen molar-refractivity contribution in [2.75, 3.05) is 32.6 Å². The Kier molecular flexibility index (Phi) is 10.2. The monoisotopic (exact) mass is 410 g/mol. The first-order valence-corrected chi connectivity index (χ1v) is 8.86. The minimum Gasteiger partial charge on any atom is -0.456 e. The molecule has 1 aliphatic heterocycles. The van der Waals surface area contributed by atoms with Crippen LogP contribution in [0.1, 0.15) is 6.92 Å². The summed E-state index contributed by atoms with van der Waals surface area (Å²) in [7, 11) is 1.49. The molecule has 0 spiro atoms. The van der Waals surface area contributed by atoms with E-state index < -0.39 is 74.2 Å². The van der Waals surface area contributed by atoms with E-state index in [9.17, 15) is 24.6 Å². The lowest BCUT2D eigenvalue weighted by Crippen LogP contribution is -2.66. The summed E-state index contributed by atoms with van der Waals surface area (Å²) in [5, 5.41) is 33.9. The van der Waals surface area contributed by atoms with Gasteiger partial charge in [0.15, 0.2) is 18.2 Å². The van der Waals surface area contributed by atoms with E-state index in [4.69, 9.17) is 19.3 Å². The minimum atomic E-state index is -1.45. The summed E-state index contributed by atoms with van der Waals surface area (Å²) in [4.78, 5) is 35.2. The van der Waals surface area contributed by atoms with E-state index >= 15 is 0 Å². The number of carbonyl (C=O) groups excluding carboxylic acids is 3. The Bertz CT molecular complexity index is 518. The van der Waals surface area contributed by atoms with Crippen LogP contribution >= 0.6 is 12.6 Å². The molecule has 0 aromatic heterocycles. The van der Waals surface area contributed by atoms with E-state index in [1.807, 2.05) is 0 Å². The Labute approximate surface area is 161 Å². The number of aliphatic hydroxyl groups is 3. The van der Waals surface area contributed by atoms with Crippen molar-refractivity contribution in [3.8, 4) is 0 Å². The molecule has 1 amide bonds. The molecule has 5 N–H and O–H groups in total. The van der Waals surface area contributed by atoms with E-state index in [0.717, 1.165) is 0 Å². The van der Waals surface area contributed by atoms with Crippen molar-refractivity contribution >= 4 is 30.3 Å². The number of amides is 1. The molecule has 1 fully saturated rings. The standard InChI is InChI=1S/C15H26N2O9S/c1-7(20)17-12-14(26-11(22)6-27)13(23)10(4-19)25-15(12)24-5-9(21)8(3-18)16-2/h8,10,12-16,18-19,23,27H,3-6H2,1-2H3,(H,17,20)/t8-,10?,12?,13?,14?,15?/m0/s1. The van der Waals surface area contributed by atoms with E-state index in [-0.39, 0.29) is 5.75 Å². The highest BCUT2D eigenvalue weighted by atomic mass is 32.1. The number of carbonyl (C=O) groups is 3. The molecule has 1 saturated heterocycles. The minimum absolute atomic E-state index is 0.273. The molecule has 0 radical (unpaired) electrons. The summed E-state index contributed by atoms with van der Waals surface area (Å²) in [6, 6.07) is -2.00. The van der Waals surface area contributed by atoms with Gasteiger partial charge in [-0.15, -0.1) is 0 Å². The first-order valence-electron chi connectivity index (χ1n) is 8.23. The van der Waals surface area contributed by atoms with Crippen LogP contribution in [0.2, 0.25) is 0 Å². The quantitative estimate of drug-likeness (QED) is 0.158. The van der Waals surface area contributed by atoms with Crippen molar-refractivity contribution in [1.29, 1.82) is 0 Å². The molecule has 5 unspecified atom stereocenters. The number of aliphatic hydroxyl groups excluding tert-OH is 3. The van der Waals surface area contributed by atoms with E-state index in [1.54, 1.807) is 0 Å². The number of esters is 1. The fourth-order valence-electron chi connectivity index (χ4n) is 2.55. The third-order valence-corrected chi connectivity index (χ3v) is 4.19. The zero-order valence-electron chi connectivity index (χ0n) is 15.0. The molecular formula is C15H26N2O9S. The van der Waals surface area contributed by atoms with Crippen LogP contribution in [0.4, 0.5) is 0 Å². The third kappa shape index (κ3) is 6.68. The SMILES string of the molecule is CN[C@@H](CO)C(=O)COC1OC(CO)C(O)C(OC(=O)CS)C1NC(C)=O. The second-order valence-electron chi connectivity index (χ2n) is 5.86. The third-order valence-electron chi connectivity index (χ3n) is 3.93. The van der Waals surface area contributed by atoms with Gasteiger partial charge >= 0.3 is 5.97 Å². The van der Waals surface area contributed by atoms with Crippen LogP contribution in [-0.2, 0) is 28.6 Å². The lowest BCUT2D eigenvalue weighted by atomic mass is 9.96. The van der Waals surface area contributed by atoms with Gasteiger partial charge in [-0.25, -0.2) is 0 Å². The summed E-state index contributed by atoms with van der Waals surface area (Å²) in [5.74, 6) is -2.04. The smallest absolute Gasteiger partial charge is 0.316 e. The summed E-state index contributed by atoms with van der Waals surface area (Å²) in [6.45, 7) is -0.354. The fraction of sp³-hybridized carbons (Fsp3) is 0.800. The summed E-state index contributed by atoms with van der Waals surface area (Å²) < 4.78 is 16.0. The first kappa shape index (κ1) is 23.8. The number of hydrogen-bond acceptors (Lipinski definition) is 11. The van der Waals surface area contributed by atoms with Gasteiger partial charge in [0.2, 0.25) is 5.91 Å². The molecule has 6 atom stereocenters. The van der Waals surface area contributed by atoms with Gasteiger partial charge in [0.05, 0.1) is 25.0 Å². The summed E-state index contributed by atoms with van der Waals surface area (Å²) in [5.41, 5.74) is 0. The topological polar surface area (TPSA) is 164 Å². The van der Waals surface area contributed by atoms with E-state index in [1.165, 1.54) is 14.0 Å². The Morgan fingerprint density at radius 2 is 1.96 bits per heavy atom. The highest BCUT2D eigenvalue weighted by molar-refractivity contribution is 7.81. The zero-order chi connectivity index (χ0) is 20.6. The molecule has 0 bridgehead atoms. The van der Waals surface area contributed by atoms with Gasteiger partial charge in [0.25, 0.3) is 0 Å². The van der Waals surface area contributed by atoms with Gasteiger partial charge in [-0.05, 0) is 7.05 Å². The molecule has 1 heterocycles. The molecule has 1 rings (SSSR count). The highest BCUT2D eigenvalue weighted by Crippen LogP contribution is 2.25. The van der Waals surface area contributed by atoms with E-state index in [0.29, 0.717) is 0 Å². The maximum Gasteiger partial charge on any atom is 0.316 e. The van der Waals surface area contributed by atoms with Gasteiger partial charge in [-0.3, -0.25) is 14.4 Å². The molecule has 12 heteroatoms. The second-order valence-corrected chi connectivity index (χ2v) is 6.17. The van der Waals surface area contributed by atoms with Crippen LogP contribution in [0.5, 0.6) is 0 Å². The van der Waals surface area contributed by atoms with Crippen LogP contribution in [0.15, 0.2) is 0 Å². The lowest BCUT2D eigenvalue weighted by Gasteiger charge is -2.43. The predicted octanol–water partition coefficient (Wildman–Crippen LogP) is -3.42. The predicted molar refractivity (Wildman–Crippen MR) is 94.0 cm³/mol. The lowest BCUT2D eigenvalue weighted by molar-refractivity contribution is -0.271. The number of likely N-dealkylation sites (N-methyl/N-ethyl adjacent to an activating group) is 1. The Morgan fingerprint density at radius 1 is 1.30 bits per heavy atom. The molecule has 27 heavy (non-hydrogen) atoms. The average Bonchev–Trinajstić information content (AvgIpc) is 2.64. The van der Waals surface area contributed by atoms with Crippen molar-refractivity contribution < 1.29 is 43.9 Å². The van der Waals surface area contributed by atoms with Gasteiger partial charge in [0, 0.05) is 6.92 Å². The normalized spacial score (nSPS) is 29.0. The average molecular weight is 410 g/mol. The Morgan fingerprint density at radius 3 is 2.44 bits per heavy atom. The largest absolute Gasteiger partial charge is 0.456 e. The number of ether oxygens (including phenoxy) is 3. The maximum atomic E-state index is 12.0. The number of rotatable bonds is 10. The molecule has 0 aromatic carbocycles. The molecular weight excluding hydrogens is 384 g/mol. The summed E-state index contributed by atoms with van der Waals surface area (Å²) >= 11 is 3.79. The van der Waals surface area contributed by atoms with Crippen molar-refractivity contribution in [1.82, 2.24) is 10.6 Å². The molecule has 0 aromatic rings. The van der Waals surface area contributed by atoms with Gasteiger partial charge in [0.1, 0.15) is 24.9 Å². The van der Waals surface area contributed by atoms with Crippen LogP contribution in [-0.4, -0.2) is 102 Å². The Hall–Kier alpha value is -1.28. The number of Topliss-reactive ketones (excluding diaryl/α,β-unsaturated/α-hetero) is 1. The highest BCUT2D eigenvalue weighted by Gasteiger charge is 2.48. The number of hydrogen-bond donors (Lipinski definition) is 6. The van der Waals surface area contributed by atoms with Crippen LogP contribution in [0.3, 0.4) is 0 Å². The van der Waals surface area contributed by atoms with Crippen molar-refractivity contribution in [2.45, 2.75) is 43.6 Å². The van der Waals surface area contributed by atoms with Crippen molar-refractivity contribution in [3.05, 3.63) is 0 Å². The van der Waals surface area contributed by atoms with E-state index in [2.05, 4.69) is 23.3 Å². The van der Waals surface area contributed by atoms with Crippen molar-refractivity contribution in [3.63, 3.8) is 0 Å².